The highest BCUT2D eigenvalue weighted by Gasteiger charge is 2.42. The molecule has 6 nitrogen and oxygen atoms in total. The summed E-state index contributed by atoms with van der Waals surface area (Å²) in [4.78, 5) is 27.0. The van der Waals surface area contributed by atoms with Crippen molar-refractivity contribution in [2.75, 3.05) is 31.6 Å². The Balaban J connectivity index is 1.56. The Hall–Kier alpha value is -2.08. The van der Waals surface area contributed by atoms with Crippen LogP contribution in [0.1, 0.15) is 58.8 Å². The lowest BCUT2D eigenvalue weighted by Crippen LogP contribution is -2.48. The van der Waals surface area contributed by atoms with Crippen LogP contribution in [0.25, 0.3) is 0 Å². The smallest absolute Gasteiger partial charge is 0.260 e. The normalized spacial score (nSPS) is 24.3. The van der Waals surface area contributed by atoms with E-state index in [0.717, 1.165) is 58.0 Å². The number of amides is 2. The second-order valence-electron chi connectivity index (χ2n) is 8.40. The lowest BCUT2D eigenvalue weighted by molar-refractivity contribution is -0.148. The van der Waals surface area contributed by atoms with Gasteiger partial charge in [0.05, 0.1) is 0 Å². The molecule has 0 bridgehead atoms. The minimum Gasteiger partial charge on any atom is -0.484 e. The van der Waals surface area contributed by atoms with Crippen molar-refractivity contribution in [1.82, 2.24) is 4.90 Å². The molecule has 6 heteroatoms. The highest BCUT2D eigenvalue weighted by molar-refractivity contribution is 5.97. The first kappa shape index (κ1) is 21.6. The molecule has 2 unspecified atom stereocenters. The standard InChI is InChI=1S/C23H34N2O4/c1-3-15-29-23(12-6-7-18(2)16-23)22(27)24-19-8-10-20(11-9-19)28-17-21(26)25-13-4-5-14-25/h8-11,18H,3-7,12-17H2,1-2H3,(H,24,27). The van der Waals surface area contributed by atoms with Crippen molar-refractivity contribution in [3.8, 4) is 5.75 Å². The Morgan fingerprint density at radius 1 is 1.17 bits per heavy atom. The average molecular weight is 403 g/mol. The van der Waals surface area contributed by atoms with E-state index < -0.39 is 5.60 Å². The number of likely N-dealkylation sites (tertiary alicyclic amines) is 1. The molecule has 1 heterocycles. The highest BCUT2D eigenvalue weighted by Crippen LogP contribution is 2.36. The van der Waals surface area contributed by atoms with Crippen molar-refractivity contribution < 1.29 is 19.1 Å². The van der Waals surface area contributed by atoms with Gasteiger partial charge in [0.2, 0.25) is 0 Å². The molecule has 2 fully saturated rings. The van der Waals surface area contributed by atoms with Crippen molar-refractivity contribution in [3.63, 3.8) is 0 Å². The van der Waals surface area contributed by atoms with Crippen LogP contribution in [0, 0.1) is 5.92 Å². The third-order valence-corrected chi connectivity index (χ3v) is 5.89. The molecule has 2 amide bonds. The van der Waals surface area contributed by atoms with Gasteiger partial charge in [-0.05, 0) is 68.7 Å². The van der Waals surface area contributed by atoms with E-state index in [2.05, 4.69) is 19.2 Å². The average Bonchev–Trinajstić information content (AvgIpc) is 3.26. The Morgan fingerprint density at radius 3 is 2.55 bits per heavy atom. The summed E-state index contributed by atoms with van der Waals surface area (Å²) >= 11 is 0. The van der Waals surface area contributed by atoms with Gasteiger partial charge in [0.15, 0.2) is 6.61 Å². The van der Waals surface area contributed by atoms with Gasteiger partial charge in [-0.15, -0.1) is 0 Å². The fourth-order valence-electron chi connectivity index (χ4n) is 4.29. The van der Waals surface area contributed by atoms with Crippen LogP contribution in [0.4, 0.5) is 5.69 Å². The molecule has 1 saturated heterocycles. The zero-order chi connectivity index (χ0) is 20.7. The van der Waals surface area contributed by atoms with Gasteiger partial charge in [-0.1, -0.05) is 20.3 Å². The molecule has 0 spiro atoms. The van der Waals surface area contributed by atoms with Crippen LogP contribution in [-0.2, 0) is 14.3 Å². The van der Waals surface area contributed by atoms with E-state index in [4.69, 9.17) is 9.47 Å². The fraction of sp³-hybridized carbons (Fsp3) is 0.652. The number of carbonyl (C=O) groups is 2. The van der Waals surface area contributed by atoms with Gasteiger partial charge < -0.3 is 19.7 Å². The van der Waals surface area contributed by atoms with Gasteiger partial charge in [0.1, 0.15) is 11.4 Å². The van der Waals surface area contributed by atoms with Crippen molar-refractivity contribution in [1.29, 1.82) is 0 Å². The number of ether oxygens (including phenoxy) is 2. The van der Waals surface area contributed by atoms with Crippen molar-refractivity contribution in [2.45, 2.75) is 64.4 Å². The first-order valence-electron chi connectivity index (χ1n) is 11.0. The maximum Gasteiger partial charge on any atom is 0.260 e. The molecule has 2 aliphatic rings. The summed E-state index contributed by atoms with van der Waals surface area (Å²) < 4.78 is 11.7. The third-order valence-electron chi connectivity index (χ3n) is 5.89. The van der Waals surface area contributed by atoms with Gasteiger partial charge in [-0.3, -0.25) is 9.59 Å². The number of anilines is 1. The Bertz CT molecular complexity index is 685. The van der Waals surface area contributed by atoms with Crippen LogP contribution in [0.15, 0.2) is 24.3 Å². The third kappa shape index (κ3) is 5.72. The van der Waals surface area contributed by atoms with E-state index in [1.165, 1.54) is 0 Å². The van der Waals surface area contributed by atoms with Crippen LogP contribution < -0.4 is 10.1 Å². The minimum atomic E-state index is -0.731. The van der Waals surface area contributed by atoms with E-state index >= 15 is 0 Å². The molecule has 2 atom stereocenters. The second kappa shape index (κ2) is 10.1. The van der Waals surface area contributed by atoms with Crippen molar-refractivity contribution in [3.05, 3.63) is 24.3 Å². The fourth-order valence-corrected chi connectivity index (χ4v) is 4.29. The summed E-state index contributed by atoms with van der Waals surface area (Å²) in [6.45, 7) is 6.55. The maximum absolute atomic E-state index is 13.1. The van der Waals surface area contributed by atoms with Gasteiger partial charge in [0.25, 0.3) is 11.8 Å². The van der Waals surface area contributed by atoms with E-state index in [1.807, 2.05) is 17.0 Å². The molecule has 1 saturated carbocycles. The lowest BCUT2D eigenvalue weighted by Gasteiger charge is -2.38. The van der Waals surface area contributed by atoms with Gasteiger partial charge in [0, 0.05) is 25.4 Å². The summed E-state index contributed by atoms with van der Waals surface area (Å²) in [5.74, 6) is 1.07. The van der Waals surface area contributed by atoms with E-state index in [0.29, 0.717) is 24.0 Å². The van der Waals surface area contributed by atoms with Crippen LogP contribution in [0.3, 0.4) is 0 Å². The molecular weight excluding hydrogens is 368 g/mol. The second-order valence-corrected chi connectivity index (χ2v) is 8.40. The molecule has 160 valence electrons. The molecule has 3 rings (SSSR count). The molecule has 29 heavy (non-hydrogen) atoms. The molecule has 1 N–H and O–H groups in total. The number of nitrogens with one attached hydrogen (secondary N) is 1. The summed E-state index contributed by atoms with van der Waals surface area (Å²) in [5.41, 5.74) is -0.0173. The number of benzene rings is 1. The molecule has 0 aromatic heterocycles. The van der Waals surface area contributed by atoms with Crippen molar-refractivity contribution >= 4 is 17.5 Å². The van der Waals surface area contributed by atoms with Gasteiger partial charge in [-0.25, -0.2) is 0 Å². The van der Waals surface area contributed by atoms with Crippen LogP contribution in [-0.4, -0.2) is 48.6 Å². The molecular formula is C23H34N2O4. The number of hydrogen-bond acceptors (Lipinski definition) is 4. The summed E-state index contributed by atoms with van der Waals surface area (Å²) in [6, 6.07) is 7.20. The predicted molar refractivity (Wildman–Crippen MR) is 113 cm³/mol. The zero-order valence-corrected chi connectivity index (χ0v) is 17.7. The largest absolute Gasteiger partial charge is 0.484 e. The van der Waals surface area contributed by atoms with E-state index in [-0.39, 0.29) is 18.4 Å². The van der Waals surface area contributed by atoms with Crippen LogP contribution in [0.2, 0.25) is 0 Å². The maximum atomic E-state index is 13.1. The van der Waals surface area contributed by atoms with E-state index in [1.54, 1.807) is 12.1 Å². The lowest BCUT2D eigenvalue weighted by atomic mass is 9.78. The molecule has 0 radical (unpaired) electrons. The monoisotopic (exact) mass is 402 g/mol. The van der Waals surface area contributed by atoms with Crippen LogP contribution in [0.5, 0.6) is 5.75 Å². The molecule has 1 aromatic rings. The summed E-state index contributed by atoms with van der Waals surface area (Å²) in [7, 11) is 0. The molecule has 1 aliphatic heterocycles. The van der Waals surface area contributed by atoms with Gasteiger partial charge in [-0.2, -0.15) is 0 Å². The summed E-state index contributed by atoms with van der Waals surface area (Å²) in [5, 5.41) is 3.02. The molecule has 1 aliphatic carbocycles. The Morgan fingerprint density at radius 2 is 1.90 bits per heavy atom. The number of nitrogens with zero attached hydrogens (tertiary/aromatic N) is 1. The number of carbonyl (C=O) groups excluding carboxylic acids is 2. The number of rotatable bonds is 8. The minimum absolute atomic E-state index is 0.0290. The first-order valence-corrected chi connectivity index (χ1v) is 11.0. The Labute approximate surface area is 173 Å². The van der Waals surface area contributed by atoms with Gasteiger partial charge >= 0.3 is 0 Å². The quantitative estimate of drug-likeness (QED) is 0.714. The van der Waals surface area contributed by atoms with Crippen molar-refractivity contribution in [2.24, 2.45) is 5.92 Å². The summed E-state index contributed by atoms with van der Waals surface area (Å²) in [6.07, 6.45) is 6.72. The highest BCUT2D eigenvalue weighted by atomic mass is 16.5. The van der Waals surface area contributed by atoms with E-state index in [9.17, 15) is 9.59 Å². The predicted octanol–water partition coefficient (Wildman–Crippen LogP) is 4.00. The topological polar surface area (TPSA) is 67.9 Å². The first-order chi connectivity index (χ1) is 14.0. The SMILES string of the molecule is CCCOC1(C(=O)Nc2ccc(OCC(=O)N3CCCC3)cc2)CCCC(C)C1. The Kier molecular flexibility index (Phi) is 7.53. The number of hydrogen-bond donors (Lipinski definition) is 1. The molecule has 1 aromatic carbocycles. The zero-order valence-electron chi connectivity index (χ0n) is 17.7. The van der Waals surface area contributed by atoms with Crippen LogP contribution >= 0.6 is 0 Å².